The van der Waals surface area contributed by atoms with Gasteiger partial charge in [-0.3, -0.25) is 4.68 Å². The number of anilines is 1. The van der Waals surface area contributed by atoms with E-state index in [-0.39, 0.29) is 0 Å². The molecule has 1 saturated carbocycles. The lowest BCUT2D eigenvalue weighted by atomic mass is 9.87. The minimum absolute atomic E-state index is 0.601. The fourth-order valence-corrected chi connectivity index (χ4v) is 3.75. The van der Waals surface area contributed by atoms with E-state index < -0.39 is 0 Å². The Labute approximate surface area is 161 Å². The van der Waals surface area contributed by atoms with Gasteiger partial charge in [0.1, 0.15) is 0 Å². The minimum Gasteiger partial charge on any atom is -0.354 e. The summed E-state index contributed by atoms with van der Waals surface area (Å²) in [4.78, 5) is 7.71. The molecule has 1 aliphatic carbocycles. The zero-order valence-corrected chi connectivity index (χ0v) is 16.2. The highest BCUT2D eigenvalue weighted by molar-refractivity contribution is 9.10. The molecule has 4 rings (SSSR count). The van der Waals surface area contributed by atoms with Gasteiger partial charge in [0.05, 0.1) is 24.1 Å². The minimum atomic E-state index is 0.601. The predicted octanol–water partition coefficient (Wildman–Crippen LogP) is 4.59. The molecule has 0 bridgehead atoms. The van der Waals surface area contributed by atoms with Crippen molar-refractivity contribution in [1.29, 1.82) is 0 Å². The molecule has 1 aromatic carbocycles. The fraction of sp³-hybridized carbons (Fsp3) is 0.421. The van der Waals surface area contributed by atoms with E-state index in [1.165, 1.54) is 32.1 Å². The summed E-state index contributed by atoms with van der Waals surface area (Å²) in [6.07, 6.45) is 10.5. The number of hydrogen-bond acceptors (Lipinski definition) is 4. The molecule has 0 radical (unpaired) electrons. The van der Waals surface area contributed by atoms with Crippen LogP contribution in [0, 0.1) is 0 Å². The van der Waals surface area contributed by atoms with E-state index in [0.717, 1.165) is 40.5 Å². The summed E-state index contributed by atoms with van der Waals surface area (Å²) in [6, 6.07) is 8.17. The maximum absolute atomic E-state index is 4.40. The van der Waals surface area contributed by atoms with E-state index in [9.17, 15) is 0 Å². The molecule has 1 fully saturated rings. The highest BCUT2D eigenvalue weighted by Gasteiger charge is 2.18. The van der Waals surface area contributed by atoms with Gasteiger partial charge in [-0.05, 0) is 30.5 Å². The Hall–Kier alpha value is -2.15. The normalized spacial score (nSPS) is 15.3. The largest absolute Gasteiger partial charge is 0.354 e. The second-order valence-corrected chi connectivity index (χ2v) is 7.74. The number of H-pyrrole nitrogens is 1. The molecule has 2 N–H and O–H groups in total. The number of rotatable bonds is 6. The molecule has 0 saturated heterocycles. The third kappa shape index (κ3) is 4.15. The van der Waals surface area contributed by atoms with Crippen LogP contribution in [0.2, 0.25) is 0 Å². The fourth-order valence-electron chi connectivity index (χ4n) is 3.48. The molecule has 0 aliphatic heterocycles. The van der Waals surface area contributed by atoms with Gasteiger partial charge in [-0.25, -0.2) is 4.98 Å². The monoisotopic (exact) mass is 414 g/mol. The average molecular weight is 415 g/mol. The molecular weight excluding hydrogens is 392 g/mol. The number of imidazole rings is 1. The zero-order valence-electron chi connectivity index (χ0n) is 14.7. The number of halogens is 1. The number of aromatic amines is 1. The van der Waals surface area contributed by atoms with Crippen LogP contribution in [0.3, 0.4) is 0 Å². The summed E-state index contributed by atoms with van der Waals surface area (Å²) in [5.74, 6) is 1.37. The van der Waals surface area contributed by atoms with Crippen LogP contribution in [0.15, 0.2) is 41.1 Å². The van der Waals surface area contributed by atoms with Gasteiger partial charge in [-0.2, -0.15) is 0 Å². The van der Waals surface area contributed by atoms with Gasteiger partial charge >= 0.3 is 0 Å². The molecule has 2 heterocycles. The Bertz CT molecular complexity index is 832. The van der Waals surface area contributed by atoms with E-state index in [2.05, 4.69) is 59.9 Å². The van der Waals surface area contributed by atoms with Gasteiger partial charge < -0.3 is 10.3 Å². The molecule has 26 heavy (non-hydrogen) atoms. The van der Waals surface area contributed by atoms with Crippen LogP contribution in [0.4, 0.5) is 5.95 Å². The highest BCUT2D eigenvalue weighted by atomic mass is 79.9. The molecule has 6 nitrogen and oxygen atoms in total. The molecule has 3 aromatic rings. The number of nitrogens with zero attached hydrogens (tertiary/aromatic N) is 4. The number of aromatic nitrogens is 5. The molecule has 1 aliphatic rings. The second kappa shape index (κ2) is 8.03. The first kappa shape index (κ1) is 17.3. The van der Waals surface area contributed by atoms with Gasteiger partial charge in [0.2, 0.25) is 5.95 Å². The maximum atomic E-state index is 4.40. The van der Waals surface area contributed by atoms with Crippen LogP contribution in [0.25, 0.3) is 11.3 Å². The topological polar surface area (TPSA) is 71.4 Å². The first-order chi connectivity index (χ1) is 12.8. The summed E-state index contributed by atoms with van der Waals surface area (Å²) >= 11 is 3.46. The second-order valence-electron chi connectivity index (χ2n) is 6.82. The van der Waals surface area contributed by atoms with E-state index in [1.807, 2.05) is 23.0 Å². The van der Waals surface area contributed by atoms with Crippen molar-refractivity contribution in [3.05, 3.63) is 46.8 Å². The molecule has 136 valence electrons. The standard InChI is InChI=1S/C19H23BrN6/c20-16-8-6-15(7-9-16)17-12-22-19(23-17)21-10-11-26-13-18(24-25-26)14-4-2-1-3-5-14/h6-9,12-14H,1-5,10-11H2,(H2,21,22,23). The van der Waals surface area contributed by atoms with E-state index >= 15 is 0 Å². The van der Waals surface area contributed by atoms with E-state index in [4.69, 9.17) is 0 Å². The number of benzene rings is 1. The molecule has 2 aromatic heterocycles. The predicted molar refractivity (Wildman–Crippen MR) is 106 cm³/mol. The lowest BCUT2D eigenvalue weighted by Crippen LogP contribution is -2.11. The highest BCUT2D eigenvalue weighted by Crippen LogP contribution is 2.31. The van der Waals surface area contributed by atoms with Crippen molar-refractivity contribution >= 4 is 21.9 Å². The Morgan fingerprint density at radius 2 is 1.96 bits per heavy atom. The molecule has 0 amide bonds. The van der Waals surface area contributed by atoms with Gasteiger partial charge in [0.15, 0.2) is 0 Å². The van der Waals surface area contributed by atoms with Crippen LogP contribution >= 0.6 is 15.9 Å². The summed E-state index contributed by atoms with van der Waals surface area (Å²) in [6.45, 7) is 1.52. The van der Waals surface area contributed by atoms with Crippen LogP contribution in [-0.4, -0.2) is 31.5 Å². The molecule has 0 spiro atoms. The van der Waals surface area contributed by atoms with Crippen molar-refractivity contribution in [2.45, 2.75) is 44.6 Å². The Morgan fingerprint density at radius 1 is 1.15 bits per heavy atom. The summed E-state index contributed by atoms with van der Waals surface area (Å²) < 4.78 is 3.00. The maximum Gasteiger partial charge on any atom is 0.200 e. The SMILES string of the molecule is Brc1ccc(-c2cnc(NCCn3cc(C4CCCCC4)nn3)[nH]2)cc1. The number of nitrogens with one attached hydrogen (secondary N) is 2. The van der Waals surface area contributed by atoms with Crippen LogP contribution < -0.4 is 5.32 Å². The van der Waals surface area contributed by atoms with Crippen molar-refractivity contribution in [1.82, 2.24) is 25.0 Å². The Morgan fingerprint density at radius 3 is 2.77 bits per heavy atom. The van der Waals surface area contributed by atoms with Gasteiger partial charge in [-0.1, -0.05) is 52.5 Å². The third-order valence-electron chi connectivity index (χ3n) is 4.94. The lowest BCUT2D eigenvalue weighted by Gasteiger charge is -2.18. The molecule has 7 heteroatoms. The zero-order chi connectivity index (χ0) is 17.8. The molecule has 0 atom stereocenters. The van der Waals surface area contributed by atoms with Crippen molar-refractivity contribution < 1.29 is 0 Å². The summed E-state index contributed by atoms with van der Waals surface area (Å²) in [7, 11) is 0. The van der Waals surface area contributed by atoms with Crippen LogP contribution in [0.1, 0.15) is 43.7 Å². The van der Waals surface area contributed by atoms with Crippen molar-refractivity contribution in [2.75, 3.05) is 11.9 Å². The van der Waals surface area contributed by atoms with E-state index in [1.54, 1.807) is 0 Å². The van der Waals surface area contributed by atoms with Gasteiger partial charge in [0.25, 0.3) is 0 Å². The smallest absolute Gasteiger partial charge is 0.200 e. The molecule has 0 unspecified atom stereocenters. The van der Waals surface area contributed by atoms with Crippen LogP contribution in [0.5, 0.6) is 0 Å². The first-order valence-electron chi connectivity index (χ1n) is 9.23. The average Bonchev–Trinajstić information content (AvgIpc) is 3.33. The van der Waals surface area contributed by atoms with Crippen LogP contribution in [-0.2, 0) is 6.54 Å². The lowest BCUT2D eigenvalue weighted by molar-refractivity contribution is 0.436. The first-order valence-corrected chi connectivity index (χ1v) is 10.0. The summed E-state index contributed by atoms with van der Waals surface area (Å²) in [5, 5.41) is 12.0. The Balaban J connectivity index is 1.30. The number of hydrogen-bond donors (Lipinski definition) is 2. The van der Waals surface area contributed by atoms with Crippen molar-refractivity contribution in [2.24, 2.45) is 0 Å². The van der Waals surface area contributed by atoms with Gasteiger partial charge in [0, 0.05) is 23.1 Å². The quantitative estimate of drug-likeness (QED) is 0.618. The summed E-state index contributed by atoms with van der Waals surface area (Å²) in [5.41, 5.74) is 3.27. The van der Waals surface area contributed by atoms with E-state index in [0.29, 0.717) is 5.92 Å². The van der Waals surface area contributed by atoms with Crippen molar-refractivity contribution in [3.8, 4) is 11.3 Å². The Kier molecular flexibility index (Phi) is 5.34. The third-order valence-corrected chi connectivity index (χ3v) is 5.47. The van der Waals surface area contributed by atoms with Crippen molar-refractivity contribution in [3.63, 3.8) is 0 Å². The van der Waals surface area contributed by atoms with Gasteiger partial charge in [-0.15, -0.1) is 5.10 Å². The molecular formula is C19H23BrN6.